The summed E-state index contributed by atoms with van der Waals surface area (Å²) in [5, 5.41) is 0. The monoisotopic (exact) mass is 304 g/mol. The van der Waals surface area contributed by atoms with E-state index in [2.05, 4.69) is 20.7 Å². The van der Waals surface area contributed by atoms with Gasteiger partial charge in [0, 0.05) is 11.0 Å². The maximum Gasteiger partial charge on any atom is 0.324 e. The maximum atomic E-state index is 11.8. The fourth-order valence-electron chi connectivity index (χ4n) is 1.66. The number of nitrogens with zero attached hydrogens (tertiary/aromatic N) is 1. The first kappa shape index (κ1) is 11.7. The van der Waals surface area contributed by atoms with Crippen molar-refractivity contribution in [2.24, 2.45) is 0 Å². The van der Waals surface area contributed by atoms with Crippen LogP contribution in [0, 0.1) is 0 Å². The molecule has 1 aliphatic rings. The second-order valence-electron chi connectivity index (χ2n) is 3.69. The zero-order valence-corrected chi connectivity index (χ0v) is 11.3. The Bertz CT molecular complexity index is 502. The summed E-state index contributed by atoms with van der Waals surface area (Å²) in [4.78, 5) is 0. The van der Waals surface area contributed by atoms with E-state index in [1.54, 1.807) is 6.07 Å². The predicted molar refractivity (Wildman–Crippen MR) is 68.9 cm³/mol. The van der Waals surface area contributed by atoms with Crippen LogP contribution in [0.3, 0.4) is 0 Å². The quantitative estimate of drug-likeness (QED) is 0.933. The topological polar surface area (TPSA) is 49.4 Å². The van der Waals surface area contributed by atoms with Crippen LogP contribution in [-0.4, -0.2) is 15.0 Å². The van der Waals surface area contributed by atoms with E-state index in [1.165, 1.54) is 4.31 Å². The summed E-state index contributed by atoms with van der Waals surface area (Å²) in [6.45, 7) is 2.56. The van der Waals surface area contributed by atoms with Crippen LogP contribution in [0.1, 0.15) is 19.8 Å². The Balaban J connectivity index is 2.40. The molecule has 0 saturated heterocycles. The molecule has 0 amide bonds. The molecule has 0 saturated carbocycles. The van der Waals surface area contributed by atoms with E-state index in [-0.39, 0.29) is 0 Å². The van der Waals surface area contributed by atoms with Crippen molar-refractivity contribution < 1.29 is 8.42 Å². The highest BCUT2D eigenvalue weighted by Gasteiger charge is 2.31. The van der Waals surface area contributed by atoms with E-state index < -0.39 is 10.2 Å². The van der Waals surface area contributed by atoms with Crippen molar-refractivity contribution in [1.29, 1.82) is 0 Å². The normalized spacial score (nSPS) is 17.0. The van der Waals surface area contributed by atoms with Crippen molar-refractivity contribution in [1.82, 2.24) is 0 Å². The van der Waals surface area contributed by atoms with Gasteiger partial charge in [0.25, 0.3) is 0 Å². The Labute approximate surface area is 104 Å². The molecular formula is C10H13BrN2O2S. The fraction of sp³-hybridized carbons (Fsp3) is 0.400. The average molecular weight is 305 g/mol. The minimum Gasteiger partial charge on any atom is -0.264 e. The molecule has 1 aliphatic heterocycles. The van der Waals surface area contributed by atoms with Crippen molar-refractivity contribution in [3.63, 3.8) is 0 Å². The molecule has 16 heavy (non-hydrogen) atoms. The van der Waals surface area contributed by atoms with Gasteiger partial charge in [-0.1, -0.05) is 29.3 Å². The highest BCUT2D eigenvalue weighted by atomic mass is 79.9. The molecule has 6 heteroatoms. The molecule has 0 aromatic heterocycles. The minimum atomic E-state index is -3.37. The lowest BCUT2D eigenvalue weighted by Gasteiger charge is -2.16. The number of anilines is 2. The highest BCUT2D eigenvalue weighted by Crippen LogP contribution is 2.37. The van der Waals surface area contributed by atoms with Gasteiger partial charge in [-0.15, -0.1) is 0 Å². The summed E-state index contributed by atoms with van der Waals surface area (Å²) in [5.41, 5.74) is 1.38. The number of fused-ring (bicyclic) bond motifs is 1. The van der Waals surface area contributed by atoms with Crippen molar-refractivity contribution >= 4 is 37.5 Å². The van der Waals surface area contributed by atoms with Crippen LogP contribution in [0.25, 0.3) is 0 Å². The molecule has 0 atom stereocenters. The number of hydrogen-bond donors (Lipinski definition) is 1. The summed E-state index contributed by atoms with van der Waals surface area (Å²) in [7, 11) is -3.37. The predicted octanol–water partition coefficient (Wildman–Crippen LogP) is 2.73. The van der Waals surface area contributed by atoms with E-state index in [9.17, 15) is 8.42 Å². The molecule has 0 bridgehead atoms. The first-order valence-electron chi connectivity index (χ1n) is 5.14. The molecule has 0 unspecified atom stereocenters. The number of rotatable bonds is 3. The molecule has 0 fully saturated rings. The van der Waals surface area contributed by atoms with Gasteiger partial charge in [-0.3, -0.25) is 9.03 Å². The van der Waals surface area contributed by atoms with Crippen LogP contribution in [0.15, 0.2) is 22.7 Å². The molecule has 4 nitrogen and oxygen atoms in total. The Morgan fingerprint density at radius 1 is 1.44 bits per heavy atom. The van der Waals surface area contributed by atoms with Gasteiger partial charge < -0.3 is 0 Å². The fourth-order valence-corrected chi connectivity index (χ4v) is 3.35. The molecule has 1 aromatic carbocycles. The SMILES string of the molecule is CCCCN1c2cc(Br)ccc2NS1(=O)=O. The summed E-state index contributed by atoms with van der Waals surface area (Å²) < 4.78 is 28.5. The first-order valence-corrected chi connectivity index (χ1v) is 7.38. The number of halogens is 1. The third-order valence-electron chi connectivity index (χ3n) is 2.47. The minimum absolute atomic E-state index is 0.523. The standard InChI is InChI=1S/C10H13BrN2O2S/c1-2-3-6-13-10-7-8(11)4-5-9(10)12-16(13,14)15/h4-5,7,12H,2-3,6H2,1H3. The molecular weight excluding hydrogens is 292 g/mol. The third kappa shape index (κ3) is 2.04. The van der Waals surface area contributed by atoms with Gasteiger partial charge in [0.2, 0.25) is 0 Å². The molecule has 88 valence electrons. The summed E-state index contributed by atoms with van der Waals surface area (Å²) in [6, 6.07) is 5.41. The van der Waals surface area contributed by atoms with Crippen molar-refractivity contribution in [2.75, 3.05) is 15.6 Å². The van der Waals surface area contributed by atoms with E-state index in [0.29, 0.717) is 12.2 Å². The van der Waals surface area contributed by atoms with E-state index >= 15 is 0 Å². The van der Waals surface area contributed by atoms with Crippen LogP contribution in [0.2, 0.25) is 0 Å². The third-order valence-corrected chi connectivity index (χ3v) is 4.40. The zero-order valence-electron chi connectivity index (χ0n) is 8.90. The van der Waals surface area contributed by atoms with Crippen molar-refractivity contribution in [3.05, 3.63) is 22.7 Å². The van der Waals surface area contributed by atoms with Crippen LogP contribution < -0.4 is 9.03 Å². The summed E-state index contributed by atoms with van der Waals surface area (Å²) in [6.07, 6.45) is 1.82. The van der Waals surface area contributed by atoms with Crippen molar-refractivity contribution in [3.8, 4) is 0 Å². The van der Waals surface area contributed by atoms with E-state index in [1.807, 2.05) is 19.1 Å². The number of nitrogens with one attached hydrogen (secondary N) is 1. The van der Waals surface area contributed by atoms with Crippen LogP contribution >= 0.6 is 15.9 Å². The van der Waals surface area contributed by atoms with Gasteiger partial charge in [0.1, 0.15) is 0 Å². The lowest BCUT2D eigenvalue weighted by atomic mass is 10.2. The van der Waals surface area contributed by atoms with Gasteiger partial charge >= 0.3 is 10.2 Å². The van der Waals surface area contributed by atoms with Gasteiger partial charge in [-0.05, 0) is 24.6 Å². The Kier molecular flexibility index (Phi) is 3.12. The molecule has 2 rings (SSSR count). The smallest absolute Gasteiger partial charge is 0.264 e. The first-order chi connectivity index (χ1) is 7.54. The largest absolute Gasteiger partial charge is 0.324 e. The van der Waals surface area contributed by atoms with Gasteiger partial charge in [-0.25, -0.2) is 0 Å². The number of hydrogen-bond acceptors (Lipinski definition) is 2. The molecule has 1 aromatic rings. The molecule has 0 aliphatic carbocycles. The number of benzene rings is 1. The average Bonchev–Trinajstić information content (AvgIpc) is 2.45. The van der Waals surface area contributed by atoms with Gasteiger partial charge in [0.15, 0.2) is 0 Å². The zero-order chi connectivity index (χ0) is 11.8. The lowest BCUT2D eigenvalue weighted by molar-refractivity contribution is 0.596. The lowest BCUT2D eigenvalue weighted by Crippen LogP contribution is -2.30. The van der Waals surface area contributed by atoms with Crippen LogP contribution in [0.4, 0.5) is 11.4 Å². The van der Waals surface area contributed by atoms with Crippen LogP contribution in [0.5, 0.6) is 0 Å². The molecule has 1 heterocycles. The highest BCUT2D eigenvalue weighted by molar-refractivity contribution is 9.10. The molecule has 0 radical (unpaired) electrons. The Hall–Kier alpha value is -0.750. The van der Waals surface area contributed by atoms with Crippen molar-refractivity contribution in [2.45, 2.75) is 19.8 Å². The Morgan fingerprint density at radius 3 is 2.88 bits per heavy atom. The second kappa shape index (κ2) is 4.25. The van der Waals surface area contributed by atoms with Crippen LogP contribution in [-0.2, 0) is 10.2 Å². The summed E-state index contributed by atoms with van der Waals surface area (Å²) in [5.74, 6) is 0. The Morgan fingerprint density at radius 2 is 2.19 bits per heavy atom. The van der Waals surface area contributed by atoms with E-state index in [0.717, 1.165) is 23.0 Å². The molecule has 0 spiro atoms. The maximum absolute atomic E-state index is 11.8. The summed E-state index contributed by atoms with van der Waals surface area (Å²) >= 11 is 3.35. The van der Waals surface area contributed by atoms with E-state index in [4.69, 9.17) is 0 Å². The molecule has 1 N–H and O–H groups in total. The van der Waals surface area contributed by atoms with Gasteiger partial charge in [0.05, 0.1) is 11.4 Å². The van der Waals surface area contributed by atoms with Gasteiger partial charge in [-0.2, -0.15) is 8.42 Å². The second-order valence-corrected chi connectivity index (χ2v) is 6.20. The number of unbranched alkanes of at least 4 members (excludes halogenated alkanes) is 1.